The van der Waals surface area contributed by atoms with Gasteiger partial charge in [-0.25, -0.2) is 14.8 Å². The molecule has 0 aliphatic carbocycles. The smallest absolute Gasteiger partial charge is 0.421 e. The average molecular weight is 307 g/mol. The molecule has 1 amide bonds. The van der Waals surface area contributed by atoms with Crippen LogP contribution in [0.25, 0.3) is 0 Å². The number of alkyl halides is 3. The van der Waals surface area contributed by atoms with Crippen molar-refractivity contribution >= 4 is 12.0 Å². The fraction of sp³-hybridized carbons (Fsp3) is 0.583. The lowest BCUT2D eigenvalue weighted by atomic mass is 9.99. The van der Waals surface area contributed by atoms with Crippen LogP contribution in [0.2, 0.25) is 0 Å². The van der Waals surface area contributed by atoms with Gasteiger partial charge in [-0.1, -0.05) is 0 Å². The number of carbonyl (C=O) groups is 1. The van der Waals surface area contributed by atoms with Crippen molar-refractivity contribution < 1.29 is 27.8 Å². The molecule has 0 saturated heterocycles. The van der Waals surface area contributed by atoms with Crippen LogP contribution in [0, 0.1) is 0 Å². The molecule has 0 fully saturated rings. The van der Waals surface area contributed by atoms with Crippen molar-refractivity contribution in [2.75, 3.05) is 5.32 Å². The number of halogens is 3. The molecule has 0 aliphatic heterocycles. The summed E-state index contributed by atoms with van der Waals surface area (Å²) in [4.78, 5) is 18.5. The molecule has 118 valence electrons. The van der Waals surface area contributed by atoms with Gasteiger partial charge in [0, 0.05) is 18.0 Å². The second kappa shape index (κ2) is 5.47. The monoisotopic (exact) mass is 307 g/mol. The standard InChI is InChI=1S/C12H16F3N3O3/c1-10(2,3)21-9(19)18-8-16-5-7(6-17-8)11(4,20)12(13,14)15/h5-6,20H,1-4H3,(H,16,17,18,19). The molecular formula is C12H16F3N3O3. The number of ether oxygens (including phenoxy) is 1. The summed E-state index contributed by atoms with van der Waals surface area (Å²) in [6, 6.07) is 0. The second-order valence-corrected chi connectivity index (χ2v) is 5.49. The summed E-state index contributed by atoms with van der Waals surface area (Å²) in [7, 11) is 0. The number of anilines is 1. The Morgan fingerprint density at radius 2 is 1.67 bits per heavy atom. The van der Waals surface area contributed by atoms with E-state index < -0.39 is 29.0 Å². The molecule has 0 spiro atoms. The highest BCUT2D eigenvalue weighted by Crippen LogP contribution is 2.37. The number of aliphatic hydroxyl groups is 1. The zero-order valence-electron chi connectivity index (χ0n) is 11.9. The van der Waals surface area contributed by atoms with Crippen molar-refractivity contribution in [2.24, 2.45) is 0 Å². The first-order valence-electron chi connectivity index (χ1n) is 5.94. The highest BCUT2D eigenvalue weighted by Gasteiger charge is 2.51. The zero-order chi connectivity index (χ0) is 16.5. The van der Waals surface area contributed by atoms with E-state index in [1.807, 2.05) is 0 Å². The van der Waals surface area contributed by atoms with E-state index in [1.54, 1.807) is 20.8 Å². The highest BCUT2D eigenvalue weighted by atomic mass is 19.4. The molecule has 9 heteroatoms. The van der Waals surface area contributed by atoms with Crippen molar-refractivity contribution in [1.82, 2.24) is 9.97 Å². The Hall–Kier alpha value is -1.90. The van der Waals surface area contributed by atoms with Gasteiger partial charge in [-0.3, -0.25) is 5.32 Å². The molecule has 1 aromatic heterocycles. The Balaban J connectivity index is 2.82. The van der Waals surface area contributed by atoms with Gasteiger partial charge in [0.05, 0.1) is 0 Å². The van der Waals surface area contributed by atoms with E-state index >= 15 is 0 Å². The van der Waals surface area contributed by atoms with Gasteiger partial charge >= 0.3 is 12.3 Å². The summed E-state index contributed by atoms with van der Waals surface area (Å²) in [6.07, 6.45) is -4.13. The van der Waals surface area contributed by atoms with Gasteiger partial charge in [0.15, 0.2) is 5.60 Å². The molecule has 1 atom stereocenters. The van der Waals surface area contributed by atoms with Crippen molar-refractivity contribution in [1.29, 1.82) is 0 Å². The minimum atomic E-state index is -4.86. The topological polar surface area (TPSA) is 84.3 Å². The average Bonchev–Trinajstić information content (AvgIpc) is 2.25. The third-order valence-corrected chi connectivity index (χ3v) is 2.38. The van der Waals surface area contributed by atoms with Crippen LogP contribution >= 0.6 is 0 Å². The van der Waals surface area contributed by atoms with E-state index in [-0.39, 0.29) is 5.95 Å². The van der Waals surface area contributed by atoms with Crippen LogP contribution in [0.5, 0.6) is 0 Å². The minimum absolute atomic E-state index is 0.231. The third kappa shape index (κ3) is 4.55. The number of rotatable bonds is 2. The van der Waals surface area contributed by atoms with E-state index in [0.29, 0.717) is 6.92 Å². The molecule has 1 rings (SSSR count). The Morgan fingerprint density at radius 3 is 2.05 bits per heavy atom. The number of nitrogens with one attached hydrogen (secondary N) is 1. The number of hydrogen-bond acceptors (Lipinski definition) is 5. The minimum Gasteiger partial charge on any atom is -0.444 e. The molecule has 2 N–H and O–H groups in total. The molecule has 1 unspecified atom stereocenters. The van der Waals surface area contributed by atoms with Crippen LogP contribution < -0.4 is 5.32 Å². The van der Waals surface area contributed by atoms with Crippen LogP contribution in [0.15, 0.2) is 12.4 Å². The summed E-state index contributed by atoms with van der Waals surface area (Å²) in [5, 5.41) is 11.6. The summed E-state index contributed by atoms with van der Waals surface area (Å²) in [5.74, 6) is -0.231. The molecular weight excluding hydrogens is 291 g/mol. The van der Waals surface area contributed by atoms with Gasteiger partial charge in [-0.05, 0) is 27.7 Å². The first kappa shape index (κ1) is 17.2. The lowest BCUT2D eigenvalue weighted by molar-refractivity contribution is -0.259. The van der Waals surface area contributed by atoms with E-state index in [1.165, 1.54) is 0 Å². The molecule has 21 heavy (non-hydrogen) atoms. The summed E-state index contributed by atoms with van der Waals surface area (Å²) in [5.41, 5.74) is -4.34. The van der Waals surface area contributed by atoms with Crippen LogP contribution in [-0.4, -0.2) is 32.9 Å². The first-order chi connectivity index (χ1) is 9.33. The molecule has 0 radical (unpaired) electrons. The lowest BCUT2D eigenvalue weighted by Gasteiger charge is -2.25. The Bertz CT molecular complexity index is 507. The van der Waals surface area contributed by atoms with Crippen molar-refractivity contribution in [3.05, 3.63) is 18.0 Å². The van der Waals surface area contributed by atoms with Gasteiger partial charge in [-0.2, -0.15) is 13.2 Å². The molecule has 0 aromatic carbocycles. The van der Waals surface area contributed by atoms with Crippen LogP contribution in [-0.2, 0) is 10.3 Å². The Labute approximate surface area is 119 Å². The molecule has 1 aromatic rings. The fourth-order valence-corrected chi connectivity index (χ4v) is 1.20. The van der Waals surface area contributed by atoms with Gasteiger partial charge in [0.2, 0.25) is 5.95 Å². The summed E-state index contributed by atoms with van der Waals surface area (Å²) < 4.78 is 42.8. The Morgan fingerprint density at radius 1 is 1.19 bits per heavy atom. The predicted octanol–water partition coefficient (Wildman–Crippen LogP) is 2.59. The summed E-state index contributed by atoms with van der Waals surface area (Å²) in [6.45, 7) is 5.54. The second-order valence-electron chi connectivity index (χ2n) is 5.49. The van der Waals surface area contributed by atoms with Crippen molar-refractivity contribution in [3.8, 4) is 0 Å². The molecule has 6 nitrogen and oxygen atoms in total. The maximum Gasteiger partial charge on any atom is 0.421 e. The van der Waals surface area contributed by atoms with Gasteiger partial charge in [-0.15, -0.1) is 0 Å². The number of amides is 1. The number of hydrogen-bond donors (Lipinski definition) is 2. The van der Waals surface area contributed by atoms with Crippen LogP contribution in [0.1, 0.15) is 33.3 Å². The van der Waals surface area contributed by atoms with E-state index in [0.717, 1.165) is 12.4 Å². The van der Waals surface area contributed by atoms with Crippen molar-refractivity contribution in [3.63, 3.8) is 0 Å². The molecule has 0 bridgehead atoms. The van der Waals surface area contributed by atoms with Gasteiger partial charge in [0.1, 0.15) is 5.60 Å². The maximum atomic E-state index is 12.6. The normalized spacial score (nSPS) is 15.2. The first-order valence-corrected chi connectivity index (χ1v) is 5.94. The highest BCUT2D eigenvalue weighted by molar-refractivity contribution is 5.82. The zero-order valence-corrected chi connectivity index (χ0v) is 11.9. The SMILES string of the molecule is CC(C)(C)OC(=O)Nc1ncc(C(C)(O)C(F)(F)F)cn1. The largest absolute Gasteiger partial charge is 0.444 e. The van der Waals surface area contributed by atoms with Crippen molar-refractivity contribution in [2.45, 2.75) is 45.1 Å². The molecule has 1 heterocycles. The number of aromatic nitrogens is 2. The fourth-order valence-electron chi connectivity index (χ4n) is 1.20. The van der Waals surface area contributed by atoms with E-state index in [4.69, 9.17) is 4.74 Å². The van der Waals surface area contributed by atoms with E-state index in [9.17, 15) is 23.1 Å². The molecule has 0 aliphatic rings. The van der Waals surface area contributed by atoms with Crippen LogP contribution in [0.4, 0.5) is 23.9 Å². The van der Waals surface area contributed by atoms with Gasteiger partial charge in [0.25, 0.3) is 0 Å². The Kier molecular flexibility index (Phi) is 4.47. The van der Waals surface area contributed by atoms with E-state index in [2.05, 4.69) is 15.3 Å². The lowest BCUT2D eigenvalue weighted by Crippen LogP contribution is -2.39. The van der Waals surface area contributed by atoms with Gasteiger partial charge < -0.3 is 9.84 Å². The summed E-state index contributed by atoms with van der Waals surface area (Å²) >= 11 is 0. The maximum absolute atomic E-state index is 12.6. The number of nitrogens with zero attached hydrogens (tertiary/aromatic N) is 2. The third-order valence-electron chi connectivity index (χ3n) is 2.38. The molecule has 0 saturated carbocycles. The quantitative estimate of drug-likeness (QED) is 0.877. The predicted molar refractivity (Wildman–Crippen MR) is 67.5 cm³/mol. The van der Waals surface area contributed by atoms with Crippen LogP contribution in [0.3, 0.4) is 0 Å². The number of carbonyl (C=O) groups excluding carboxylic acids is 1.